The molecule has 2 aromatic rings. The van der Waals surface area contributed by atoms with Crippen LogP contribution in [0, 0.1) is 0 Å². The number of rotatable bonds is 3. The van der Waals surface area contributed by atoms with Crippen LogP contribution in [0.3, 0.4) is 0 Å². The molecule has 2 aromatic heterocycles. The van der Waals surface area contributed by atoms with Gasteiger partial charge in [-0.15, -0.1) is 11.3 Å². The number of aromatic nitrogens is 2. The van der Waals surface area contributed by atoms with Gasteiger partial charge in [-0.1, -0.05) is 6.07 Å². The van der Waals surface area contributed by atoms with Gasteiger partial charge >= 0.3 is 0 Å². The molecule has 1 aliphatic rings. The van der Waals surface area contributed by atoms with E-state index in [-0.39, 0.29) is 0 Å². The van der Waals surface area contributed by atoms with Crippen molar-refractivity contribution in [2.24, 2.45) is 0 Å². The molecule has 0 radical (unpaired) electrons. The fourth-order valence-electron chi connectivity index (χ4n) is 2.08. The third-order valence-corrected chi connectivity index (χ3v) is 4.03. The number of piperazine rings is 1. The predicted molar refractivity (Wildman–Crippen MR) is 73.5 cm³/mol. The van der Waals surface area contributed by atoms with Gasteiger partial charge in [0.2, 0.25) is 0 Å². The van der Waals surface area contributed by atoms with Crippen LogP contribution in [0.4, 0.5) is 0 Å². The second kappa shape index (κ2) is 5.56. The Morgan fingerprint density at radius 1 is 1.22 bits per heavy atom. The van der Waals surface area contributed by atoms with Gasteiger partial charge in [-0.3, -0.25) is 9.88 Å². The van der Waals surface area contributed by atoms with E-state index in [4.69, 9.17) is 0 Å². The molecular formula is C13H16N4S. The maximum atomic E-state index is 4.47. The minimum atomic E-state index is 0.967. The Morgan fingerprint density at radius 2 is 2.11 bits per heavy atom. The highest BCUT2D eigenvalue weighted by molar-refractivity contribution is 7.14. The lowest BCUT2D eigenvalue weighted by molar-refractivity contribution is 0.235. The third-order valence-electron chi connectivity index (χ3n) is 3.03. The van der Waals surface area contributed by atoms with Gasteiger partial charge in [0.15, 0.2) is 0 Å². The molecule has 1 fully saturated rings. The Balaban J connectivity index is 1.69. The molecule has 4 nitrogen and oxygen atoms in total. The van der Waals surface area contributed by atoms with Gasteiger partial charge in [0, 0.05) is 50.0 Å². The van der Waals surface area contributed by atoms with Gasteiger partial charge in [-0.2, -0.15) is 0 Å². The van der Waals surface area contributed by atoms with Gasteiger partial charge in [0.05, 0.1) is 5.69 Å². The van der Waals surface area contributed by atoms with Crippen LogP contribution in [0.25, 0.3) is 10.7 Å². The molecule has 0 unspecified atom stereocenters. The average Bonchev–Trinajstić information content (AvgIpc) is 2.89. The molecule has 1 aliphatic heterocycles. The molecule has 0 aliphatic carbocycles. The van der Waals surface area contributed by atoms with Crippen LogP contribution in [0.5, 0.6) is 0 Å². The highest BCUT2D eigenvalue weighted by atomic mass is 32.1. The molecule has 0 aromatic carbocycles. The second-order valence-corrected chi connectivity index (χ2v) is 5.49. The van der Waals surface area contributed by atoms with Crippen molar-refractivity contribution in [2.75, 3.05) is 26.2 Å². The molecule has 94 valence electrons. The molecule has 1 saturated heterocycles. The lowest BCUT2D eigenvalue weighted by Gasteiger charge is -2.26. The zero-order valence-corrected chi connectivity index (χ0v) is 11.0. The molecular weight excluding hydrogens is 244 g/mol. The van der Waals surface area contributed by atoms with Crippen LogP contribution < -0.4 is 5.32 Å². The maximum absolute atomic E-state index is 4.47. The number of nitrogens with one attached hydrogen (secondary N) is 1. The zero-order chi connectivity index (χ0) is 12.2. The fourth-order valence-corrected chi connectivity index (χ4v) is 3.01. The van der Waals surface area contributed by atoms with E-state index >= 15 is 0 Å². The van der Waals surface area contributed by atoms with Crippen LogP contribution in [0.15, 0.2) is 30.6 Å². The SMILES string of the molecule is c1ccc(-c2ncc(CN3CCNCC3)s2)nc1. The van der Waals surface area contributed by atoms with E-state index in [1.54, 1.807) is 11.3 Å². The second-order valence-electron chi connectivity index (χ2n) is 4.37. The predicted octanol–water partition coefficient (Wildman–Crippen LogP) is 1.61. The first-order valence-electron chi connectivity index (χ1n) is 6.21. The molecule has 18 heavy (non-hydrogen) atoms. The van der Waals surface area contributed by atoms with Crippen LogP contribution in [0.1, 0.15) is 4.88 Å². The first-order chi connectivity index (χ1) is 8.92. The lowest BCUT2D eigenvalue weighted by Crippen LogP contribution is -2.42. The topological polar surface area (TPSA) is 41.1 Å². The Labute approximate surface area is 111 Å². The van der Waals surface area contributed by atoms with Crippen molar-refractivity contribution in [3.05, 3.63) is 35.5 Å². The Hall–Kier alpha value is -1.30. The van der Waals surface area contributed by atoms with Gasteiger partial charge in [0.25, 0.3) is 0 Å². The van der Waals surface area contributed by atoms with Gasteiger partial charge < -0.3 is 5.32 Å². The summed E-state index contributed by atoms with van der Waals surface area (Å²) >= 11 is 1.74. The smallest absolute Gasteiger partial charge is 0.142 e. The van der Waals surface area contributed by atoms with Crippen LogP contribution in [-0.4, -0.2) is 41.0 Å². The molecule has 0 bridgehead atoms. The van der Waals surface area contributed by atoms with Gasteiger partial charge in [-0.05, 0) is 12.1 Å². The average molecular weight is 260 g/mol. The van der Waals surface area contributed by atoms with Crippen LogP contribution >= 0.6 is 11.3 Å². The first kappa shape index (κ1) is 11.8. The number of nitrogens with zero attached hydrogens (tertiary/aromatic N) is 3. The van der Waals surface area contributed by atoms with E-state index in [9.17, 15) is 0 Å². The maximum Gasteiger partial charge on any atom is 0.142 e. The van der Waals surface area contributed by atoms with Gasteiger partial charge in [0.1, 0.15) is 5.01 Å². The Kier molecular flexibility index (Phi) is 3.64. The normalized spacial score (nSPS) is 16.9. The number of hydrogen-bond donors (Lipinski definition) is 1. The minimum absolute atomic E-state index is 0.967. The van der Waals surface area contributed by atoms with Crippen molar-refractivity contribution in [3.8, 4) is 10.7 Å². The Bertz CT molecular complexity index is 491. The Morgan fingerprint density at radius 3 is 2.89 bits per heavy atom. The summed E-state index contributed by atoms with van der Waals surface area (Å²) in [6.45, 7) is 5.43. The van der Waals surface area contributed by atoms with Crippen molar-refractivity contribution in [3.63, 3.8) is 0 Å². The molecule has 3 heterocycles. The molecule has 0 spiro atoms. The van der Waals surface area contributed by atoms with E-state index in [1.807, 2.05) is 30.6 Å². The zero-order valence-electron chi connectivity index (χ0n) is 10.2. The van der Waals surface area contributed by atoms with E-state index in [0.29, 0.717) is 0 Å². The van der Waals surface area contributed by atoms with E-state index in [0.717, 1.165) is 43.4 Å². The molecule has 1 N–H and O–H groups in total. The highest BCUT2D eigenvalue weighted by Gasteiger charge is 2.12. The minimum Gasteiger partial charge on any atom is -0.314 e. The summed E-state index contributed by atoms with van der Waals surface area (Å²) in [5, 5.41) is 4.38. The molecule has 0 saturated carbocycles. The standard InChI is InChI=1S/C13H16N4S/c1-2-4-15-12(3-1)13-16-9-11(18-13)10-17-7-5-14-6-8-17/h1-4,9,14H,5-8,10H2. The quantitative estimate of drug-likeness (QED) is 0.910. The summed E-state index contributed by atoms with van der Waals surface area (Å²) in [4.78, 5) is 12.6. The number of hydrogen-bond acceptors (Lipinski definition) is 5. The van der Waals surface area contributed by atoms with E-state index in [2.05, 4.69) is 20.2 Å². The summed E-state index contributed by atoms with van der Waals surface area (Å²) in [6, 6.07) is 5.94. The van der Waals surface area contributed by atoms with Crippen molar-refractivity contribution in [2.45, 2.75) is 6.54 Å². The number of pyridine rings is 1. The van der Waals surface area contributed by atoms with Crippen molar-refractivity contribution >= 4 is 11.3 Å². The molecule has 5 heteroatoms. The largest absolute Gasteiger partial charge is 0.314 e. The van der Waals surface area contributed by atoms with E-state index in [1.165, 1.54) is 4.88 Å². The summed E-state index contributed by atoms with van der Waals surface area (Å²) in [5.74, 6) is 0. The van der Waals surface area contributed by atoms with Crippen molar-refractivity contribution in [1.29, 1.82) is 0 Å². The number of thiazole rings is 1. The van der Waals surface area contributed by atoms with Gasteiger partial charge in [-0.25, -0.2) is 4.98 Å². The van der Waals surface area contributed by atoms with Crippen LogP contribution in [-0.2, 0) is 6.54 Å². The summed E-state index contributed by atoms with van der Waals surface area (Å²) in [5.41, 5.74) is 0.967. The molecule has 0 amide bonds. The highest BCUT2D eigenvalue weighted by Crippen LogP contribution is 2.24. The summed E-state index contributed by atoms with van der Waals surface area (Å²) in [6.07, 6.45) is 3.80. The van der Waals surface area contributed by atoms with E-state index < -0.39 is 0 Å². The lowest BCUT2D eigenvalue weighted by atomic mass is 10.3. The van der Waals surface area contributed by atoms with Crippen molar-refractivity contribution in [1.82, 2.24) is 20.2 Å². The monoisotopic (exact) mass is 260 g/mol. The van der Waals surface area contributed by atoms with Crippen LogP contribution in [0.2, 0.25) is 0 Å². The van der Waals surface area contributed by atoms with Crippen molar-refractivity contribution < 1.29 is 0 Å². The summed E-state index contributed by atoms with van der Waals surface area (Å²) < 4.78 is 0. The molecule has 0 atom stereocenters. The fraction of sp³-hybridized carbons (Fsp3) is 0.385. The third kappa shape index (κ3) is 2.75. The summed E-state index contributed by atoms with van der Waals surface area (Å²) in [7, 11) is 0. The first-order valence-corrected chi connectivity index (χ1v) is 7.03. The molecule has 3 rings (SSSR count).